The summed E-state index contributed by atoms with van der Waals surface area (Å²) in [6, 6.07) is 9.83. The molecule has 2 aromatic rings. The second kappa shape index (κ2) is 7.10. The zero-order valence-corrected chi connectivity index (χ0v) is 13.5. The first kappa shape index (κ1) is 16.1. The van der Waals surface area contributed by atoms with Crippen LogP contribution in [-0.4, -0.2) is 29.6 Å². The second-order valence-electron chi connectivity index (χ2n) is 6.71. The minimum atomic E-state index is -0.574. The number of rotatable bonds is 7. The molecule has 1 aromatic carbocycles. The van der Waals surface area contributed by atoms with Crippen LogP contribution in [0.15, 0.2) is 34.7 Å². The Morgan fingerprint density at radius 3 is 2.19 bits per heavy atom. The Hall–Kier alpha value is -1.32. The normalized spacial score (nSPS) is 13.7. The van der Waals surface area contributed by atoms with Crippen molar-refractivity contribution in [2.24, 2.45) is 11.8 Å². The maximum atomic E-state index is 10.5. The van der Waals surface area contributed by atoms with E-state index in [1.54, 1.807) is 0 Å². The van der Waals surface area contributed by atoms with Gasteiger partial charge in [-0.25, -0.2) is 0 Å². The first-order valence-corrected chi connectivity index (χ1v) is 7.84. The lowest BCUT2D eigenvalue weighted by Crippen LogP contribution is -2.34. The number of para-hydroxylation sites is 1. The summed E-state index contributed by atoms with van der Waals surface area (Å²) in [4.78, 5) is 2.33. The highest BCUT2D eigenvalue weighted by Gasteiger charge is 2.18. The largest absolute Gasteiger partial charge is 0.458 e. The summed E-state index contributed by atoms with van der Waals surface area (Å²) >= 11 is 0. The van der Waals surface area contributed by atoms with Gasteiger partial charge in [-0.2, -0.15) is 0 Å². The molecule has 0 saturated heterocycles. The third-order valence-corrected chi connectivity index (χ3v) is 3.45. The summed E-state index contributed by atoms with van der Waals surface area (Å²) in [7, 11) is 0. The fourth-order valence-electron chi connectivity index (χ4n) is 2.76. The molecule has 0 radical (unpaired) electrons. The van der Waals surface area contributed by atoms with Gasteiger partial charge in [0.25, 0.3) is 0 Å². The Morgan fingerprint density at radius 1 is 1.00 bits per heavy atom. The van der Waals surface area contributed by atoms with Gasteiger partial charge in [0.05, 0.1) is 0 Å². The van der Waals surface area contributed by atoms with Crippen LogP contribution in [0, 0.1) is 11.8 Å². The third kappa shape index (κ3) is 4.58. The lowest BCUT2D eigenvalue weighted by molar-refractivity contribution is 0.0840. The highest BCUT2D eigenvalue weighted by molar-refractivity contribution is 5.77. The van der Waals surface area contributed by atoms with Crippen molar-refractivity contribution in [3.63, 3.8) is 0 Å². The highest BCUT2D eigenvalue weighted by atomic mass is 16.4. The van der Waals surface area contributed by atoms with Crippen LogP contribution in [0.1, 0.15) is 39.6 Å². The van der Waals surface area contributed by atoms with Gasteiger partial charge in [0.1, 0.15) is 17.4 Å². The van der Waals surface area contributed by atoms with Crippen molar-refractivity contribution in [1.29, 1.82) is 0 Å². The van der Waals surface area contributed by atoms with Crippen LogP contribution in [0.25, 0.3) is 11.0 Å². The highest BCUT2D eigenvalue weighted by Crippen LogP contribution is 2.24. The topological polar surface area (TPSA) is 36.6 Å². The molecular formula is C18H27NO2. The molecule has 0 amide bonds. The van der Waals surface area contributed by atoms with E-state index in [1.807, 2.05) is 30.3 Å². The number of hydrogen-bond acceptors (Lipinski definition) is 3. The molecule has 1 aromatic heterocycles. The summed E-state index contributed by atoms with van der Waals surface area (Å²) in [5.74, 6) is 1.84. The fourth-order valence-corrected chi connectivity index (χ4v) is 2.76. The molecule has 0 aliphatic carbocycles. The van der Waals surface area contributed by atoms with Gasteiger partial charge in [-0.3, -0.25) is 4.90 Å². The van der Waals surface area contributed by atoms with Crippen molar-refractivity contribution in [2.75, 3.05) is 19.6 Å². The average Bonchev–Trinajstić information content (AvgIpc) is 2.80. The van der Waals surface area contributed by atoms with Crippen LogP contribution in [-0.2, 0) is 0 Å². The zero-order chi connectivity index (χ0) is 15.4. The number of hydrogen-bond donors (Lipinski definition) is 1. The first-order valence-electron chi connectivity index (χ1n) is 7.84. The van der Waals surface area contributed by atoms with E-state index in [2.05, 4.69) is 32.6 Å². The summed E-state index contributed by atoms with van der Waals surface area (Å²) in [5, 5.41) is 11.5. The van der Waals surface area contributed by atoms with E-state index in [4.69, 9.17) is 4.42 Å². The number of aliphatic hydroxyl groups excluding tert-OH is 1. The van der Waals surface area contributed by atoms with Crippen LogP contribution in [0.4, 0.5) is 0 Å². The zero-order valence-electron chi connectivity index (χ0n) is 13.5. The van der Waals surface area contributed by atoms with Gasteiger partial charge in [0, 0.05) is 25.0 Å². The molecule has 0 bridgehead atoms. The standard InChI is InChI=1S/C18H27NO2/c1-13(2)10-19(11-14(3)4)12-16(20)18-9-15-7-5-6-8-17(15)21-18/h5-9,13-14,16,20H,10-12H2,1-4H3. The Kier molecular flexibility index (Phi) is 5.43. The van der Waals surface area contributed by atoms with E-state index in [-0.39, 0.29) is 0 Å². The Labute approximate surface area is 127 Å². The molecule has 1 atom stereocenters. The molecule has 0 fully saturated rings. The molecule has 1 N–H and O–H groups in total. The predicted molar refractivity (Wildman–Crippen MR) is 87.3 cm³/mol. The van der Waals surface area contributed by atoms with Gasteiger partial charge in [0.15, 0.2) is 0 Å². The lowest BCUT2D eigenvalue weighted by atomic mass is 10.1. The Morgan fingerprint density at radius 2 is 1.62 bits per heavy atom. The number of benzene rings is 1. The third-order valence-electron chi connectivity index (χ3n) is 3.45. The van der Waals surface area contributed by atoms with Gasteiger partial charge in [-0.05, 0) is 24.0 Å². The van der Waals surface area contributed by atoms with E-state index >= 15 is 0 Å². The van der Waals surface area contributed by atoms with Gasteiger partial charge >= 0.3 is 0 Å². The maximum Gasteiger partial charge on any atom is 0.135 e. The summed E-state index contributed by atoms with van der Waals surface area (Å²) < 4.78 is 5.76. The van der Waals surface area contributed by atoms with E-state index in [0.29, 0.717) is 24.1 Å². The molecule has 2 rings (SSSR count). The van der Waals surface area contributed by atoms with E-state index in [9.17, 15) is 5.11 Å². The van der Waals surface area contributed by atoms with Crippen LogP contribution in [0.2, 0.25) is 0 Å². The van der Waals surface area contributed by atoms with Crippen molar-refractivity contribution in [1.82, 2.24) is 4.90 Å². The monoisotopic (exact) mass is 289 g/mol. The van der Waals surface area contributed by atoms with Gasteiger partial charge < -0.3 is 9.52 Å². The molecule has 3 nitrogen and oxygen atoms in total. The van der Waals surface area contributed by atoms with Crippen LogP contribution >= 0.6 is 0 Å². The predicted octanol–water partition coefficient (Wildman–Crippen LogP) is 4.08. The number of aliphatic hydroxyl groups is 1. The van der Waals surface area contributed by atoms with E-state index in [0.717, 1.165) is 24.1 Å². The Balaban J connectivity index is 2.07. The number of furan rings is 1. The molecule has 0 saturated carbocycles. The summed E-state index contributed by atoms with van der Waals surface area (Å²) in [6.07, 6.45) is -0.574. The molecule has 1 heterocycles. The number of nitrogens with zero attached hydrogens (tertiary/aromatic N) is 1. The van der Waals surface area contributed by atoms with Crippen molar-refractivity contribution >= 4 is 11.0 Å². The molecular weight excluding hydrogens is 262 g/mol. The second-order valence-corrected chi connectivity index (χ2v) is 6.71. The van der Waals surface area contributed by atoms with Crippen LogP contribution in [0.3, 0.4) is 0 Å². The van der Waals surface area contributed by atoms with E-state index < -0.39 is 6.10 Å². The minimum Gasteiger partial charge on any atom is -0.458 e. The summed E-state index contributed by atoms with van der Waals surface area (Å²) in [5.41, 5.74) is 0.839. The molecule has 1 unspecified atom stereocenters. The molecule has 21 heavy (non-hydrogen) atoms. The van der Waals surface area contributed by atoms with Crippen LogP contribution in [0.5, 0.6) is 0 Å². The van der Waals surface area contributed by atoms with Gasteiger partial charge in [0.2, 0.25) is 0 Å². The minimum absolute atomic E-state index is 0.574. The quantitative estimate of drug-likeness (QED) is 0.834. The van der Waals surface area contributed by atoms with Crippen molar-refractivity contribution in [2.45, 2.75) is 33.8 Å². The SMILES string of the molecule is CC(C)CN(CC(C)C)CC(O)c1cc2ccccc2o1. The summed E-state index contributed by atoms with van der Waals surface area (Å²) in [6.45, 7) is 11.4. The van der Waals surface area contributed by atoms with Gasteiger partial charge in [-0.15, -0.1) is 0 Å². The van der Waals surface area contributed by atoms with Gasteiger partial charge in [-0.1, -0.05) is 45.9 Å². The fraction of sp³-hybridized carbons (Fsp3) is 0.556. The number of fused-ring (bicyclic) bond motifs is 1. The Bertz CT molecular complexity index is 516. The van der Waals surface area contributed by atoms with Crippen molar-refractivity contribution in [3.05, 3.63) is 36.1 Å². The smallest absolute Gasteiger partial charge is 0.135 e. The van der Waals surface area contributed by atoms with E-state index in [1.165, 1.54) is 0 Å². The molecule has 0 aliphatic rings. The molecule has 0 aliphatic heterocycles. The molecule has 3 heteroatoms. The lowest BCUT2D eigenvalue weighted by Gasteiger charge is -2.27. The van der Waals surface area contributed by atoms with Crippen molar-refractivity contribution in [3.8, 4) is 0 Å². The van der Waals surface area contributed by atoms with Crippen molar-refractivity contribution < 1.29 is 9.52 Å². The molecule has 0 spiro atoms. The first-order chi connectivity index (χ1) is 9.95. The average molecular weight is 289 g/mol. The molecule has 116 valence electrons. The maximum absolute atomic E-state index is 10.5. The van der Waals surface area contributed by atoms with Crippen LogP contribution < -0.4 is 0 Å².